The van der Waals surface area contributed by atoms with Gasteiger partial charge in [-0.05, 0) is 56.3 Å². The number of anilines is 2. The first-order valence-electron chi connectivity index (χ1n) is 8.44. The number of rotatable bonds is 6. The maximum absolute atomic E-state index is 12.6. The number of ether oxygens (including phenoxy) is 1. The van der Waals surface area contributed by atoms with E-state index in [-0.39, 0.29) is 10.8 Å². The number of methoxy groups -OCH3 is 1. The zero-order chi connectivity index (χ0) is 20.3. The summed E-state index contributed by atoms with van der Waals surface area (Å²) in [5.41, 5.74) is 1.25. The SMILES string of the molecule is COc1ccccc1NS(=O)(=O)c1ccc(NC(=O)c2cc(C)oc2C)cc1. The van der Waals surface area contributed by atoms with Crippen molar-refractivity contribution >= 4 is 27.3 Å². The number of aryl methyl sites for hydroxylation is 2. The maximum atomic E-state index is 12.6. The second-order valence-electron chi connectivity index (χ2n) is 6.11. The molecule has 1 amide bonds. The molecular weight excluding hydrogens is 380 g/mol. The fourth-order valence-corrected chi connectivity index (χ4v) is 3.78. The van der Waals surface area contributed by atoms with E-state index in [0.29, 0.717) is 34.2 Å². The average Bonchev–Trinajstić information content (AvgIpc) is 3.00. The second kappa shape index (κ2) is 7.77. The van der Waals surface area contributed by atoms with E-state index in [1.54, 1.807) is 44.2 Å². The summed E-state index contributed by atoms with van der Waals surface area (Å²) in [6, 6.07) is 14.3. The standard InChI is InChI=1S/C20H20N2O5S/c1-13-12-17(14(2)27-13)20(23)21-15-8-10-16(11-9-15)28(24,25)22-18-6-4-5-7-19(18)26-3/h4-12,22H,1-3H3,(H,21,23). The van der Waals surface area contributed by atoms with E-state index in [0.717, 1.165) is 0 Å². The van der Waals surface area contributed by atoms with Gasteiger partial charge in [-0.1, -0.05) is 12.1 Å². The summed E-state index contributed by atoms with van der Waals surface area (Å²) < 4.78 is 38.2. The lowest BCUT2D eigenvalue weighted by Crippen LogP contribution is -2.14. The molecule has 3 aromatic rings. The number of para-hydroxylation sites is 2. The third-order valence-electron chi connectivity index (χ3n) is 4.06. The predicted octanol–water partition coefficient (Wildman–Crippen LogP) is 3.96. The van der Waals surface area contributed by atoms with Crippen LogP contribution < -0.4 is 14.8 Å². The molecule has 0 radical (unpaired) electrons. The van der Waals surface area contributed by atoms with Crippen molar-refractivity contribution in [3.63, 3.8) is 0 Å². The molecule has 1 aromatic heterocycles. The lowest BCUT2D eigenvalue weighted by Gasteiger charge is -2.12. The Morgan fingerprint density at radius 1 is 1.04 bits per heavy atom. The minimum absolute atomic E-state index is 0.0618. The molecule has 0 atom stereocenters. The molecule has 2 N–H and O–H groups in total. The Balaban J connectivity index is 1.76. The molecule has 0 aliphatic rings. The second-order valence-corrected chi connectivity index (χ2v) is 7.79. The highest BCUT2D eigenvalue weighted by atomic mass is 32.2. The topological polar surface area (TPSA) is 97.6 Å². The molecule has 7 nitrogen and oxygen atoms in total. The fourth-order valence-electron chi connectivity index (χ4n) is 2.70. The zero-order valence-electron chi connectivity index (χ0n) is 15.6. The third kappa shape index (κ3) is 4.17. The maximum Gasteiger partial charge on any atom is 0.262 e. The van der Waals surface area contributed by atoms with E-state index < -0.39 is 10.0 Å². The van der Waals surface area contributed by atoms with E-state index in [1.807, 2.05) is 0 Å². The van der Waals surface area contributed by atoms with Crippen LogP contribution in [0, 0.1) is 13.8 Å². The van der Waals surface area contributed by atoms with E-state index in [4.69, 9.17) is 9.15 Å². The monoisotopic (exact) mass is 400 g/mol. The Morgan fingerprint density at radius 2 is 1.71 bits per heavy atom. The van der Waals surface area contributed by atoms with Crippen molar-refractivity contribution in [1.82, 2.24) is 0 Å². The normalized spacial score (nSPS) is 11.1. The number of hydrogen-bond donors (Lipinski definition) is 2. The minimum Gasteiger partial charge on any atom is -0.495 e. The van der Waals surface area contributed by atoms with Crippen molar-refractivity contribution in [3.8, 4) is 5.75 Å². The Labute approximate surface area is 163 Å². The van der Waals surface area contributed by atoms with Crippen LogP contribution in [0.1, 0.15) is 21.9 Å². The molecule has 146 valence electrons. The molecule has 8 heteroatoms. The van der Waals surface area contributed by atoms with Gasteiger partial charge < -0.3 is 14.5 Å². The summed E-state index contributed by atoms with van der Waals surface area (Å²) in [7, 11) is -2.34. The van der Waals surface area contributed by atoms with Gasteiger partial charge in [0.15, 0.2) is 0 Å². The number of sulfonamides is 1. The lowest BCUT2D eigenvalue weighted by molar-refractivity contribution is 0.102. The molecule has 3 rings (SSSR count). The number of benzene rings is 2. The van der Waals surface area contributed by atoms with Crippen LogP contribution in [0.4, 0.5) is 11.4 Å². The number of carbonyl (C=O) groups is 1. The Kier molecular flexibility index (Phi) is 5.41. The third-order valence-corrected chi connectivity index (χ3v) is 5.44. The molecule has 0 saturated carbocycles. The number of carbonyl (C=O) groups excluding carboxylic acids is 1. The molecule has 1 heterocycles. The van der Waals surface area contributed by atoms with Crippen LogP contribution in [0.15, 0.2) is 63.9 Å². The molecule has 28 heavy (non-hydrogen) atoms. The van der Waals surface area contributed by atoms with Crippen molar-refractivity contribution in [2.24, 2.45) is 0 Å². The van der Waals surface area contributed by atoms with Crippen LogP contribution in [0.5, 0.6) is 5.75 Å². The molecule has 2 aromatic carbocycles. The first-order valence-corrected chi connectivity index (χ1v) is 9.93. The first-order chi connectivity index (χ1) is 13.3. The Bertz CT molecular complexity index is 1100. The first kappa shape index (κ1) is 19.5. The summed E-state index contributed by atoms with van der Waals surface area (Å²) in [6.45, 7) is 3.47. The number of amides is 1. The van der Waals surface area contributed by atoms with Gasteiger partial charge >= 0.3 is 0 Å². The van der Waals surface area contributed by atoms with Gasteiger partial charge in [0.25, 0.3) is 15.9 Å². The molecular formula is C20H20N2O5S. The van der Waals surface area contributed by atoms with Crippen LogP contribution in [-0.4, -0.2) is 21.4 Å². The van der Waals surface area contributed by atoms with Crippen molar-refractivity contribution in [2.75, 3.05) is 17.1 Å². The highest BCUT2D eigenvalue weighted by Crippen LogP contribution is 2.26. The Hall–Kier alpha value is -3.26. The van der Waals surface area contributed by atoms with Gasteiger partial charge in [-0.15, -0.1) is 0 Å². The predicted molar refractivity (Wildman–Crippen MR) is 106 cm³/mol. The average molecular weight is 400 g/mol. The van der Waals surface area contributed by atoms with Crippen molar-refractivity contribution in [2.45, 2.75) is 18.7 Å². The van der Waals surface area contributed by atoms with Crippen molar-refractivity contribution in [1.29, 1.82) is 0 Å². The van der Waals surface area contributed by atoms with Crippen LogP contribution in [0.3, 0.4) is 0 Å². The molecule has 0 aliphatic heterocycles. The largest absolute Gasteiger partial charge is 0.495 e. The zero-order valence-corrected chi connectivity index (χ0v) is 16.5. The van der Waals surface area contributed by atoms with E-state index in [9.17, 15) is 13.2 Å². The van der Waals surface area contributed by atoms with Crippen LogP contribution in [0.25, 0.3) is 0 Å². The van der Waals surface area contributed by atoms with Gasteiger partial charge in [-0.3, -0.25) is 9.52 Å². The summed E-state index contributed by atoms with van der Waals surface area (Å²) >= 11 is 0. The van der Waals surface area contributed by atoms with Gasteiger partial charge in [0.1, 0.15) is 17.3 Å². The molecule has 0 saturated heterocycles. The minimum atomic E-state index is -3.80. The van der Waals surface area contributed by atoms with E-state index >= 15 is 0 Å². The molecule has 0 bridgehead atoms. The van der Waals surface area contributed by atoms with Crippen LogP contribution in [-0.2, 0) is 10.0 Å². The smallest absolute Gasteiger partial charge is 0.262 e. The van der Waals surface area contributed by atoms with Crippen LogP contribution >= 0.6 is 0 Å². The summed E-state index contributed by atoms with van der Waals surface area (Å²) in [4.78, 5) is 12.4. The summed E-state index contributed by atoms with van der Waals surface area (Å²) in [6.07, 6.45) is 0. The van der Waals surface area contributed by atoms with Gasteiger partial charge in [-0.25, -0.2) is 8.42 Å². The fraction of sp³-hybridized carbons (Fsp3) is 0.150. The van der Waals surface area contributed by atoms with E-state index in [1.165, 1.54) is 31.4 Å². The highest BCUT2D eigenvalue weighted by Gasteiger charge is 2.17. The van der Waals surface area contributed by atoms with Gasteiger partial charge in [0.2, 0.25) is 0 Å². The highest BCUT2D eigenvalue weighted by molar-refractivity contribution is 7.92. The summed E-state index contributed by atoms with van der Waals surface area (Å²) in [5.74, 6) is 1.26. The van der Waals surface area contributed by atoms with Crippen molar-refractivity contribution in [3.05, 3.63) is 71.7 Å². The molecule has 0 unspecified atom stereocenters. The molecule has 0 fully saturated rings. The molecule has 0 spiro atoms. The van der Waals surface area contributed by atoms with Crippen molar-refractivity contribution < 1.29 is 22.4 Å². The number of hydrogen-bond acceptors (Lipinski definition) is 5. The van der Waals surface area contributed by atoms with Gasteiger partial charge in [0, 0.05) is 5.69 Å². The lowest BCUT2D eigenvalue weighted by atomic mass is 10.2. The number of furan rings is 1. The number of nitrogens with one attached hydrogen (secondary N) is 2. The molecule has 0 aliphatic carbocycles. The van der Waals surface area contributed by atoms with Gasteiger partial charge in [0.05, 0.1) is 23.3 Å². The van der Waals surface area contributed by atoms with Gasteiger partial charge in [-0.2, -0.15) is 0 Å². The summed E-state index contributed by atoms with van der Waals surface area (Å²) in [5, 5.41) is 2.72. The Morgan fingerprint density at radius 3 is 2.32 bits per heavy atom. The quantitative estimate of drug-likeness (QED) is 0.653. The van der Waals surface area contributed by atoms with E-state index in [2.05, 4.69) is 10.0 Å². The van der Waals surface area contributed by atoms with Crippen LogP contribution in [0.2, 0.25) is 0 Å².